The summed E-state index contributed by atoms with van der Waals surface area (Å²) < 4.78 is 2.12. The van der Waals surface area contributed by atoms with Crippen LogP contribution < -0.4 is 22.1 Å². The van der Waals surface area contributed by atoms with Gasteiger partial charge < -0.3 is 10.3 Å². The van der Waals surface area contributed by atoms with Gasteiger partial charge in [-0.15, -0.1) is 0 Å². The van der Waals surface area contributed by atoms with Crippen molar-refractivity contribution in [3.63, 3.8) is 0 Å². The SMILES string of the molecule is Cn1c(=O)[nH]cc(C(=O)NCCn2nc(C3CC3)ccc2=O)c1=O. The summed E-state index contributed by atoms with van der Waals surface area (Å²) in [5.74, 6) is -0.186. The average molecular weight is 331 g/mol. The Morgan fingerprint density at radius 2 is 2.08 bits per heavy atom. The summed E-state index contributed by atoms with van der Waals surface area (Å²) in [5.41, 5.74) is -0.792. The van der Waals surface area contributed by atoms with Crippen molar-refractivity contribution < 1.29 is 4.79 Å². The van der Waals surface area contributed by atoms with Crippen LogP contribution in [0.2, 0.25) is 0 Å². The van der Waals surface area contributed by atoms with Gasteiger partial charge in [-0.05, 0) is 18.9 Å². The van der Waals surface area contributed by atoms with E-state index in [2.05, 4.69) is 15.4 Å². The lowest BCUT2D eigenvalue weighted by atomic mass is 10.3. The van der Waals surface area contributed by atoms with Crippen LogP contribution in [0.5, 0.6) is 0 Å². The summed E-state index contributed by atoms with van der Waals surface area (Å²) in [7, 11) is 1.28. The molecule has 2 aromatic heterocycles. The lowest BCUT2D eigenvalue weighted by Gasteiger charge is -2.08. The van der Waals surface area contributed by atoms with Gasteiger partial charge in [0.1, 0.15) is 5.56 Å². The van der Waals surface area contributed by atoms with Crippen molar-refractivity contribution in [1.29, 1.82) is 0 Å². The topological polar surface area (TPSA) is 119 Å². The maximum atomic E-state index is 12.0. The maximum absolute atomic E-state index is 12.0. The smallest absolute Gasteiger partial charge is 0.328 e. The van der Waals surface area contributed by atoms with E-state index in [-0.39, 0.29) is 24.2 Å². The molecule has 24 heavy (non-hydrogen) atoms. The predicted molar refractivity (Wildman–Crippen MR) is 85.1 cm³/mol. The molecule has 1 saturated carbocycles. The standard InChI is InChI=1S/C15H17N5O4/c1-19-14(23)10(8-17-15(19)24)13(22)16-6-7-20-12(21)5-4-11(18-20)9-2-3-9/h4-5,8-9H,2-3,6-7H2,1H3,(H,16,22)(H,17,24). The summed E-state index contributed by atoms with van der Waals surface area (Å²) >= 11 is 0. The van der Waals surface area contributed by atoms with Crippen LogP contribution in [-0.4, -0.2) is 31.8 Å². The van der Waals surface area contributed by atoms with Crippen molar-refractivity contribution in [3.8, 4) is 0 Å². The van der Waals surface area contributed by atoms with Gasteiger partial charge in [0.05, 0.1) is 12.2 Å². The highest BCUT2D eigenvalue weighted by Crippen LogP contribution is 2.38. The van der Waals surface area contributed by atoms with Gasteiger partial charge in [-0.3, -0.25) is 19.0 Å². The number of amides is 1. The Bertz CT molecular complexity index is 951. The Hall–Kier alpha value is -2.97. The molecule has 0 bridgehead atoms. The molecule has 9 nitrogen and oxygen atoms in total. The molecule has 0 atom stereocenters. The van der Waals surface area contributed by atoms with E-state index in [1.165, 1.54) is 17.8 Å². The number of hydrogen-bond acceptors (Lipinski definition) is 5. The zero-order valence-electron chi connectivity index (χ0n) is 13.1. The summed E-state index contributed by atoms with van der Waals surface area (Å²) in [6.45, 7) is 0.344. The Balaban J connectivity index is 1.66. The van der Waals surface area contributed by atoms with Gasteiger partial charge in [0, 0.05) is 31.8 Å². The first-order valence-electron chi connectivity index (χ1n) is 7.62. The van der Waals surface area contributed by atoms with Crippen molar-refractivity contribution in [2.24, 2.45) is 7.05 Å². The number of nitrogens with zero attached hydrogens (tertiary/aromatic N) is 3. The quantitative estimate of drug-likeness (QED) is 0.724. The second-order valence-electron chi connectivity index (χ2n) is 5.72. The van der Waals surface area contributed by atoms with Gasteiger partial charge in [0.15, 0.2) is 0 Å². The Kier molecular flexibility index (Phi) is 4.15. The number of hydrogen-bond donors (Lipinski definition) is 2. The fourth-order valence-corrected chi connectivity index (χ4v) is 2.32. The van der Waals surface area contributed by atoms with E-state index in [1.807, 2.05) is 0 Å². The fraction of sp³-hybridized carbons (Fsp3) is 0.400. The molecule has 0 aromatic carbocycles. The van der Waals surface area contributed by atoms with Crippen LogP contribution in [0.1, 0.15) is 34.8 Å². The van der Waals surface area contributed by atoms with Crippen LogP contribution in [0.25, 0.3) is 0 Å². The Morgan fingerprint density at radius 1 is 1.33 bits per heavy atom. The molecule has 3 rings (SSSR count). The van der Waals surface area contributed by atoms with Crippen LogP contribution in [0.3, 0.4) is 0 Å². The highest BCUT2D eigenvalue weighted by atomic mass is 16.2. The van der Waals surface area contributed by atoms with Crippen LogP contribution >= 0.6 is 0 Å². The lowest BCUT2D eigenvalue weighted by molar-refractivity contribution is 0.0949. The second-order valence-corrected chi connectivity index (χ2v) is 5.72. The van der Waals surface area contributed by atoms with Crippen molar-refractivity contribution in [1.82, 2.24) is 24.6 Å². The van der Waals surface area contributed by atoms with E-state index in [0.717, 1.165) is 29.3 Å². The zero-order chi connectivity index (χ0) is 17.3. The number of aromatic nitrogens is 4. The first kappa shape index (κ1) is 15.9. The normalized spacial score (nSPS) is 13.7. The molecule has 2 N–H and O–H groups in total. The van der Waals surface area contributed by atoms with Gasteiger partial charge in [0.2, 0.25) is 0 Å². The molecule has 126 valence electrons. The number of carbonyl (C=O) groups excluding carboxylic acids is 1. The van der Waals surface area contributed by atoms with E-state index >= 15 is 0 Å². The zero-order valence-corrected chi connectivity index (χ0v) is 13.1. The Morgan fingerprint density at radius 3 is 2.79 bits per heavy atom. The molecule has 0 spiro atoms. The monoisotopic (exact) mass is 331 g/mol. The minimum absolute atomic E-state index is 0.141. The predicted octanol–water partition coefficient (Wildman–Crippen LogP) is -1.06. The average Bonchev–Trinajstić information content (AvgIpc) is 3.39. The maximum Gasteiger partial charge on any atom is 0.328 e. The van der Waals surface area contributed by atoms with Crippen LogP contribution in [-0.2, 0) is 13.6 Å². The third-order valence-corrected chi connectivity index (χ3v) is 3.92. The van der Waals surface area contributed by atoms with Crippen LogP contribution in [0, 0.1) is 0 Å². The van der Waals surface area contributed by atoms with Crippen molar-refractivity contribution >= 4 is 5.91 Å². The van der Waals surface area contributed by atoms with E-state index in [1.54, 1.807) is 6.07 Å². The van der Waals surface area contributed by atoms with Crippen molar-refractivity contribution in [2.45, 2.75) is 25.3 Å². The minimum atomic E-state index is -0.678. The minimum Gasteiger partial charge on any atom is -0.350 e. The highest BCUT2D eigenvalue weighted by molar-refractivity contribution is 5.93. The van der Waals surface area contributed by atoms with E-state index < -0.39 is 17.2 Å². The summed E-state index contributed by atoms with van der Waals surface area (Å²) in [6.07, 6.45) is 3.24. The number of rotatable bonds is 5. The first-order chi connectivity index (χ1) is 11.5. The molecule has 2 heterocycles. The fourth-order valence-electron chi connectivity index (χ4n) is 2.32. The van der Waals surface area contributed by atoms with Crippen molar-refractivity contribution in [2.75, 3.05) is 6.54 Å². The lowest BCUT2D eigenvalue weighted by Crippen LogP contribution is -2.40. The van der Waals surface area contributed by atoms with Crippen LogP contribution in [0.4, 0.5) is 0 Å². The molecule has 1 fully saturated rings. The largest absolute Gasteiger partial charge is 0.350 e. The van der Waals surface area contributed by atoms with Crippen LogP contribution in [0.15, 0.2) is 32.7 Å². The van der Waals surface area contributed by atoms with E-state index in [4.69, 9.17) is 0 Å². The van der Waals surface area contributed by atoms with Gasteiger partial charge in [-0.2, -0.15) is 5.10 Å². The Labute approximate surface area is 136 Å². The molecule has 1 amide bonds. The second kappa shape index (κ2) is 6.26. The number of carbonyl (C=O) groups is 1. The summed E-state index contributed by atoms with van der Waals surface area (Å²) in [4.78, 5) is 49.3. The summed E-state index contributed by atoms with van der Waals surface area (Å²) in [6, 6.07) is 3.21. The molecule has 1 aliphatic rings. The van der Waals surface area contributed by atoms with Gasteiger partial charge in [0.25, 0.3) is 17.0 Å². The molecule has 0 saturated heterocycles. The molecular weight excluding hydrogens is 314 g/mol. The third-order valence-electron chi connectivity index (χ3n) is 3.92. The van der Waals surface area contributed by atoms with E-state index in [9.17, 15) is 19.2 Å². The van der Waals surface area contributed by atoms with Gasteiger partial charge >= 0.3 is 5.69 Å². The first-order valence-corrected chi connectivity index (χ1v) is 7.62. The molecule has 2 aromatic rings. The highest BCUT2D eigenvalue weighted by Gasteiger charge is 2.25. The molecule has 0 radical (unpaired) electrons. The third kappa shape index (κ3) is 3.19. The number of nitrogens with one attached hydrogen (secondary N) is 2. The molecule has 0 unspecified atom stereocenters. The number of aromatic amines is 1. The molecule has 9 heteroatoms. The molecule has 1 aliphatic carbocycles. The summed E-state index contributed by atoms with van der Waals surface area (Å²) in [5, 5.41) is 6.84. The van der Waals surface area contributed by atoms with Crippen molar-refractivity contribution in [3.05, 3.63) is 60.8 Å². The molecular formula is C15H17N5O4. The van der Waals surface area contributed by atoms with Gasteiger partial charge in [-0.25, -0.2) is 9.48 Å². The van der Waals surface area contributed by atoms with E-state index in [0.29, 0.717) is 5.92 Å². The van der Waals surface area contributed by atoms with Gasteiger partial charge in [-0.1, -0.05) is 0 Å². The molecule has 0 aliphatic heterocycles. The number of H-pyrrole nitrogens is 1.